The average Bonchev–Trinajstić information content (AvgIpc) is 2.87. The summed E-state index contributed by atoms with van der Waals surface area (Å²) in [5, 5.41) is 1.34. The molecule has 0 saturated carbocycles. The normalized spacial score (nSPS) is 11.2. The van der Waals surface area contributed by atoms with E-state index < -0.39 is 11.9 Å². The Hall–Kier alpha value is -3.45. The smallest absolute Gasteiger partial charge is 0.347 e. The van der Waals surface area contributed by atoms with Gasteiger partial charge in [0.25, 0.3) is 0 Å². The number of esters is 2. The molecule has 3 aromatic rings. The molecule has 0 saturated heterocycles. The van der Waals surface area contributed by atoms with E-state index in [1.807, 2.05) is 13.8 Å². The van der Waals surface area contributed by atoms with Crippen LogP contribution in [0.4, 0.5) is 0 Å². The molecule has 0 aliphatic carbocycles. The van der Waals surface area contributed by atoms with Gasteiger partial charge in [0, 0.05) is 15.8 Å². The van der Waals surface area contributed by atoms with Crippen LogP contribution in [0.5, 0.6) is 28.7 Å². The van der Waals surface area contributed by atoms with Crippen molar-refractivity contribution in [2.45, 2.75) is 53.9 Å². The monoisotopic (exact) mass is 542 g/mol. The summed E-state index contributed by atoms with van der Waals surface area (Å²) in [5.41, 5.74) is 0.00376. The van der Waals surface area contributed by atoms with Crippen molar-refractivity contribution >= 4 is 34.3 Å². The van der Waals surface area contributed by atoms with Crippen LogP contribution >= 0.6 is 11.6 Å². The topological polar surface area (TPSA) is 80.3 Å². The Labute approximate surface area is 228 Å². The average molecular weight is 543 g/mol. The molecule has 0 spiro atoms. The van der Waals surface area contributed by atoms with Gasteiger partial charge in [-0.3, -0.25) is 4.79 Å². The predicted octanol–water partition coefficient (Wildman–Crippen LogP) is 7.64. The summed E-state index contributed by atoms with van der Waals surface area (Å²) < 4.78 is 29.1. The third-order valence-electron chi connectivity index (χ3n) is 5.95. The molecule has 0 radical (unpaired) electrons. The minimum absolute atomic E-state index is 0.129. The molecule has 0 bridgehead atoms. The lowest BCUT2D eigenvalue weighted by Gasteiger charge is -2.24. The maximum atomic E-state index is 13.3. The summed E-state index contributed by atoms with van der Waals surface area (Å²) in [6.45, 7) is 10.2. The first kappa shape index (κ1) is 29.1. The van der Waals surface area contributed by atoms with Gasteiger partial charge in [-0.25, -0.2) is 4.79 Å². The molecule has 3 rings (SSSR count). The van der Waals surface area contributed by atoms with Gasteiger partial charge in [-0.05, 0) is 56.0 Å². The van der Waals surface area contributed by atoms with Crippen molar-refractivity contribution in [3.05, 3.63) is 53.1 Å². The molecule has 0 N–H and O–H groups in total. The Morgan fingerprint density at radius 2 is 1.47 bits per heavy atom. The van der Waals surface area contributed by atoms with Crippen molar-refractivity contribution in [3.8, 4) is 28.7 Å². The van der Waals surface area contributed by atoms with Crippen LogP contribution in [0.25, 0.3) is 10.8 Å². The minimum atomic E-state index is -0.645. The van der Waals surface area contributed by atoms with Crippen LogP contribution in [0.3, 0.4) is 0 Å². The van der Waals surface area contributed by atoms with Gasteiger partial charge in [0.1, 0.15) is 11.3 Å². The summed E-state index contributed by atoms with van der Waals surface area (Å²) in [7, 11) is 1.48. The quantitative estimate of drug-likeness (QED) is 0.172. The second kappa shape index (κ2) is 12.9. The molecule has 7 nitrogen and oxygen atoms in total. The van der Waals surface area contributed by atoms with Crippen molar-refractivity contribution < 1.29 is 33.3 Å². The number of halogens is 1. The first-order chi connectivity index (χ1) is 18.1. The lowest BCUT2D eigenvalue weighted by atomic mass is 9.85. The van der Waals surface area contributed by atoms with E-state index in [0.717, 1.165) is 12.8 Å². The van der Waals surface area contributed by atoms with Gasteiger partial charge >= 0.3 is 11.9 Å². The van der Waals surface area contributed by atoms with Crippen LogP contribution < -0.4 is 23.7 Å². The zero-order chi connectivity index (χ0) is 27.9. The number of fused-ring (bicyclic) bond motifs is 1. The maximum absolute atomic E-state index is 13.3. The fourth-order valence-corrected chi connectivity index (χ4v) is 4.55. The summed E-state index contributed by atoms with van der Waals surface area (Å²) in [4.78, 5) is 26.4. The number of carbonyl (C=O) groups excluding carboxylic acids is 2. The minimum Gasteiger partial charge on any atom is -0.496 e. The molecule has 8 heteroatoms. The van der Waals surface area contributed by atoms with E-state index in [0.29, 0.717) is 21.5 Å². The Morgan fingerprint density at radius 1 is 0.842 bits per heavy atom. The standard InChI is InChI=1S/C30H35ClO7/c1-7-16-30(4,5)18-24(32)37-26-22-17-19(31)14-15-20(22)25(27(35-8-2)28(26)36-9-3)38-29(33)21-12-10-11-13-23(21)34-6/h10-15,17H,7-9,16,18H2,1-6H3. The van der Waals surface area contributed by atoms with E-state index in [9.17, 15) is 9.59 Å². The highest BCUT2D eigenvalue weighted by Crippen LogP contribution is 2.52. The molecule has 204 valence electrons. The largest absolute Gasteiger partial charge is 0.496 e. The third-order valence-corrected chi connectivity index (χ3v) is 6.19. The predicted molar refractivity (Wildman–Crippen MR) is 148 cm³/mol. The summed E-state index contributed by atoms with van der Waals surface area (Å²) >= 11 is 6.36. The van der Waals surface area contributed by atoms with Crippen LogP contribution in [-0.2, 0) is 4.79 Å². The van der Waals surface area contributed by atoms with Crippen molar-refractivity contribution in [2.75, 3.05) is 20.3 Å². The number of benzene rings is 3. The molecule has 0 aliphatic rings. The van der Waals surface area contributed by atoms with Crippen LogP contribution in [0, 0.1) is 5.41 Å². The molecular formula is C30H35ClO7. The van der Waals surface area contributed by atoms with E-state index in [1.165, 1.54) is 7.11 Å². The molecule has 0 heterocycles. The van der Waals surface area contributed by atoms with E-state index in [4.69, 9.17) is 35.3 Å². The molecular weight excluding hydrogens is 508 g/mol. The van der Waals surface area contributed by atoms with E-state index in [-0.39, 0.29) is 53.6 Å². The van der Waals surface area contributed by atoms with Crippen molar-refractivity contribution in [3.63, 3.8) is 0 Å². The van der Waals surface area contributed by atoms with Gasteiger partial charge in [0.2, 0.25) is 11.5 Å². The number of hydrogen-bond donors (Lipinski definition) is 0. The van der Waals surface area contributed by atoms with Gasteiger partial charge in [-0.15, -0.1) is 0 Å². The van der Waals surface area contributed by atoms with Gasteiger partial charge < -0.3 is 23.7 Å². The number of methoxy groups -OCH3 is 1. The fourth-order valence-electron chi connectivity index (χ4n) is 4.37. The van der Waals surface area contributed by atoms with Crippen molar-refractivity contribution in [1.29, 1.82) is 0 Å². The van der Waals surface area contributed by atoms with Crippen molar-refractivity contribution in [2.24, 2.45) is 5.41 Å². The van der Waals surface area contributed by atoms with Gasteiger partial charge in [-0.2, -0.15) is 0 Å². The summed E-state index contributed by atoms with van der Waals surface area (Å²) in [6, 6.07) is 11.8. The van der Waals surface area contributed by atoms with Gasteiger partial charge in [0.15, 0.2) is 11.5 Å². The van der Waals surface area contributed by atoms with E-state index in [2.05, 4.69) is 6.92 Å². The molecule has 0 atom stereocenters. The molecule has 0 fully saturated rings. The Bertz CT molecular complexity index is 1300. The van der Waals surface area contributed by atoms with Crippen LogP contribution in [0.2, 0.25) is 5.02 Å². The number of hydrogen-bond acceptors (Lipinski definition) is 7. The Balaban J connectivity index is 2.21. The second-order valence-electron chi connectivity index (χ2n) is 9.53. The third kappa shape index (κ3) is 6.70. The molecule has 38 heavy (non-hydrogen) atoms. The Kier molecular flexibility index (Phi) is 9.86. The molecule has 0 unspecified atom stereocenters. The molecule has 0 amide bonds. The fraction of sp³-hybridized carbons (Fsp3) is 0.400. The van der Waals surface area contributed by atoms with Gasteiger partial charge in [-0.1, -0.05) is 50.9 Å². The second-order valence-corrected chi connectivity index (χ2v) is 9.96. The first-order valence-corrected chi connectivity index (χ1v) is 13.1. The first-order valence-electron chi connectivity index (χ1n) is 12.8. The number of ether oxygens (including phenoxy) is 5. The van der Waals surface area contributed by atoms with Crippen molar-refractivity contribution in [1.82, 2.24) is 0 Å². The Morgan fingerprint density at radius 3 is 2.08 bits per heavy atom. The number of carbonyl (C=O) groups is 2. The maximum Gasteiger partial charge on any atom is 0.347 e. The molecule has 0 aliphatic heterocycles. The molecule has 3 aromatic carbocycles. The van der Waals surface area contributed by atoms with E-state index >= 15 is 0 Å². The highest BCUT2D eigenvalue weighted by atomic mass is 35.5. The highest BCUT2D eigenvalue weighted by molar-refractivity contribution is 6.31. The zero-order valence-corrected chi connectivity index (χ0v) is 23.6. The SMILES string of the molecule is CCCC(C)(C)CC(=O)Oc1c(OCC)c(OCC)c(OC(=O)c2ccccc2OC)c2ccc(Cl)cc12. The van der Waals surface area contributed by atoms with Gasteiger partial charge in [0.05, 0.1) is 26.7 Å². The number of rotatable bonds is 12. The zero-order valence-electron chi connectivity index (χ0n) is 22.8. The summed E-state index contributed by atoms with van der Waals surface area (Å²) in [6.07, 6.45) is 2.03. The van der Waals surface area contributed by atoms with Crippen LogP contribution in [-0.4, -0.2) is 32.3 Å². The van der Waals surface area contributed by atoms with Crippen LogP contribution in [0.15, 0.2) is 42.5 Å². The summed E-state index contributed by atoms with van der Waals surface area (Å²) in [5.74, 6) is -0.0732. The lowest BCUT2D eigenvalue weighted by Crippen LogP contribution is -2.21. The highest BCUT2D eigenvalue weighted by Gasteiger charge is 2.30. The molecule has 0 aromatic heterocycles. The number of para-hydroxylation sites is 1. The van der Waals surface area contributed by atoms with E-state index in [1.54, 1.807) is 56.3 Å². The lowest BCUT2D eigenvalue weighted by molar-refractivity contribution is -0.136. The van der Waals surface area contributed by atoms with Crippen LogP contribution in [0.1, 0.15) is 64.2 Å².